The number of aromatic nitrogens is 2. The molecule has 1 heterocycles. The fraction of sp³-hybridized carbons (Fsp3) is 0.0714. The monoisotopic (exact) mass is 249 g/mol. The Morgan fingerprint density at radius 1 is 1.21 bits per heavy atom. The molecule has 2 aromatic rings. The summed E-state index contributed by atoms with van der Waals surface area (Å²) in [6, 6.07) is 11.2. The van der Waals surface area contributed by atoms with Gasteiger partial charge in [0.2, 0.25) is 0 Å². The summed E-state index contributed by atoms with van der Waals surface area (Å²) in [5.41, 5.74) is 2.95. The molecule has 0 saturated heterocycles. The molecular weight excluding hydrogens is 238 g/mol. The van der Waals surface area contributed by atoms with Crippen LogP contribution in [0.25, 0.3) is 11.1 Å². The number of nitrogens with one attached hydrogen (secondary N) is 1. The quantitative estimate of drug-likeness (QED) is 0.847. The summed E-state index contributed by atoms with van der Waals surface area (Å²) in [6.07, 6.45) is 5.12. The lowest BCUT2D eigenvalue weighted by atomic mass is 10.1. The van der Waals surface area contributed by atoms with E-state index >= 15 is 0 Å². The van der Waals surface area contributed by atoms with Crippen LogP contribution in [0, 0.1) is 22.7 Å². The maximum absolute atomic E-state index is 8.61. The van der Waals surface area contributed by atoms with Gasteiger partial charge in [-0.1, -0.05) is 12.1 Å². The first-order valence-electron chi connectivity index (χ1n) is 5.59. The highest BCUT2D eigenvalue weighted by Crippen LogP contribution is 2.20. The zero-order valence-electron chi connectivity index (χ0n) is 10.3. The van der Waals surface area contributed by atoms with Crippen molar-refractivity contribution >= 4 is 5.69 Å². The van der Waals surface area contributed by atoms with E-state index in [2.05, 4.69) is 10.4 Å². The number of hydrogen-bond acceptors (Lipinski definition) is 4. The first kappa shape index (κ1) is 12.4. The molecule has 2 rings (SSSR count). The molecule has 0 atom stereocenters. The van der Waals surface area contributed by atoms with Crippen LogP contribution in [0.2, 0.25) is 0 Å². The number of anilines is 1. The number of hydrogen-bond donors (Lipinski definition) is 1. The number of aryl methyl sites for hydroxylation is 1. The van der Waals surface area contributed by atoms with E-state index in [-0.39, 0.29) is 5.57 Å². The smallest absolute Gasteiger partial charge is 0.145 e. The molecule has 1 aromatic heterocycles. The predicted octanol–water partition coefficient (Wildman–Crippen LogP) is 2.43. The highest BCUT2D eigenvalue weighted by Gasteiger charge is 2.00. The molecule has 0 saturated carbocycles. The van der Waals surface area contributed by atoms with E-state index in [1.165, 1.54) is 6.20 Å². The Kier molecular flexibility index (Phi) is 3.61. The zero-order chi connectivity index (χ0) is 13.7. The SMILES string of the molecule is Cn1cc(-c2ccc(NC=C(C#N)C#N)cc2)cn1. The summed E-state index contributed by atoms with van der Waals surface area (Å²) in [4.78, 5) is 0. The number of nitriles is 2. The van der Waals surface area contributed by atoms with Gasteiger partial charge in [0.05, 0.1) is 6.20 Å². The Balaban J connectivity index is 2.14. The Labute approximate surface area is 111 Å². The molecule has 0 aliphatic rings. The Hall–Kier alpha value is -3.05. The molecule has 0 unspecified atom stereocenters. The van der Waals surface area contributed by atoms with Crippen LogP contribution >= 0.6 is 0 Å². The summed E-state index contributed by atoms with van der Waals surface area (Å²) in [5.74, 6) is 0. The molecule has 92 valence electrons. The van der Waals surface area contributed by atoms with E-state index in [4.69, 9.17) is 10.5 Å². The lowest BCUT2D eigenvalue weighted by molar-refractivity contribution is 0.768. The van der Waals surface area contributed by atoms with E-state index in [9.17, 15) is 0 Å². The average Bonchev–Trinajstić information content (AvgIpc) is 2.87. The molecule has 1 N–H and O–H groups in total. The van der Waals surface area contributed by atoms with Gasteiger partial charge in [0.25, 0.3) is 0 Å². The molecule has 0 bridgehead atoms. The van der Waals surface area contributed by atoms with Crippen molar-refractivity contribution in [1.29, 1.82) is 10.5 Å². The van der Waals surface area contributed by atoms with Crippen LogP contribution in [0.15, 0.2) is 48.4 Å². The second-order valence-corrected chi connectivity index (χ2v) is 3.91. The molecule has 0 radical (unpaired) electrons. The van der Waals surface area contributed by atoms with Crippen LogP contribution in [0.4, 0.5) is 5.69 Å². The molecule has 0 fully saturated rings. The topological polar surface area (TPSA) is 77.4 Å². The average molecular weight is 249 g/mol. The van der Waals surface area contributed by atoms with Crippen LogP contribution in [-0.4, -0.2) is 9.78 Å². The Morgan fingerprint density at radius 3 is 2.42 bits per heavy atom. The van der Waals surface area contributed by atoms with E-state index in [0.29, 0.717) is 0 Å². The fourth-order valence-corrected chi connectivity index (χ4v) is 1.57. The van der Waals surface area contributed by atoms with Crippen molar-refractivity contribution in [2.75, 3.05) is 5.32 Å². The maximum Gasteiger partial charge on any atom is 0.145 e. The van der Waals surface area contributed by atoms with Gasteiger partial charge in [-0.05, 0) is 17.7 Å². The lowest BCUT2D eigenvalue weighted by Gasteiger charge is -2.02. The first-order valence-corrected chi connectivity index (χ1v) is 5.59. The predicted molar refractivity (Wildman–Crippen MR) is 71.6 cm³/mol. The molecule has 5 nitrogen and oxygen atoms in total. The highest BCUT2D eigenvalue weighted by atomic mass is 15.2. The number of allylic oxidation sites excluding steroid dienone is 1. The van der Waals surface area contributed by atoms with E-state index < -0.39 is 0 Å². The van der Waals surface area contributed by atoms with Crippen LogP contribution in [0.3, 0.4) is 0 Å². The van der Waals surface area contributed by atoms with Crippen molar-refractivity contribution in [3.8, 4) is 23.3 Å². The summed E-state index contributed by atoms with van der Waals surface area (Å²) < 4.78 is 1.75. The molecule has 0 amide bonds. The number of benzene rings is 1. The summed E-state index contributed by atoms with van der Waals surface area (Å²) in [6.45, 7) is 0. The van der Waals surface area contributed by atoms with Gasteiger partial charge < -0.3 is 5.32 Å². The molecule has 0 aliphatic carbocycles. The van der Waals surface area contributed by atoms with E-state index in [1.54, 1.807) is 23.0 Å². The van der Waals surface area contributed by atoms with Crippen molar-refractivity contribution in [3.63, 3.8) is 0 Å². The van der Waals surface area contributed by atoms with E-state index in [1.807, 2.05) is 37.5 Å². The van der Waals surface area contributed by atoms with Crippen molar-refractivity contribution in [3.05, 3.63) is 48.4 Å². The minimum absolute atomic E-state index is 0.0383. The van der Waals surface area contributed by atoms with Crippen molar-refractivity contribution in [1.82, 2.24) is 9.78 Å². The summed E-state index contributed by atoms with van der Waals surface area (Å²) in [5, 5.41) is 24.2. The third-order valence-corrected chi connectivity index (χ3v) is 2.55. The van der Waals surface area contributed by atoms with Gasteiger partial charge in [-0.3, -0.25) is 4.68 Å². The second-order valence-electron chi connectivity index (χ2n) is 3.91. The minimum atomic E-state index is 0.0383. The van der Waals surface area contributed by atoms with Crippen molar-refractivity contribution in [2.45, 2.75) is 0 Å². The van der Waals surface area contributed by atoms with Crippen LogP contribution < -0.4 is 5.32 Å². The van der Waals surface area contributed by atoms with Gasteiger partial charge in [-0.2, -0.15) is 15.6 Å². The largest absolute Gasteiger partial charge is 0.360 e. The molecule has 0 aliphatic heterocycles. The Bertz CT molecular complexity index is 664. The highest BCUT2D eigenvalue weighted by molar-refractivity contribution is 5.65. The van der Waals surface area contributed by atoms with Gasteiger partial charge in [-0.25, -0.2) is 0 Å². The molecule has 19 heavy (non-hydrogen) atoms. The standard InChI is InChI=1S/C14H11N5/c1-19-10-13(9-18-19)12-2-4-14(5-3-12)17-8-11(6-15)7-16/h2-5,8-10,17H,1H3. The van der Waals surface area contributed by atoms with Crippen molar-refractivity contribution < 1.29 is 0 Å². The molecular formula is C14H11N5. The van der Waals surface area contributed by atoms with Crippen LogP contribution in [-0.2, 0) is 7.05 Å². The molecule has 0 spiro atoms. The molecule has 5 heteroatoms. The lowest BCUT2D eigenvalue weighted by Crippen LogP contribution is -1.89. The number of nitrogens with zero attached hydrogens (tertiary/aromatic N) is 4. The summed E-state index contributed by atoms with van der Waals surface area (Å²) >= 11 is 0. The van der Waals surface area contributed by atoms with Gasteiger partial charge in [0, 0.05) is 30.7 Å². The maximum atomic E-state index is 8.61. The third-order valence-electron chi connectivity index (χ3n) is 2.55. The van der Waals surface area contributed by atoms with E-state index in [0.717, 1.165) is 16.8 Å². The van der Waals surface area contributed by atoms with Gasteiger partial charge in [0.1, 0.15) is 17.7 Å². The summed E-state index contributed by atoms with van der Waals surface area (Å²) in [7, 11) is 1.87. The third kappa shape index (κ3) is 2.99. The van der Waals surface area contributed by atoms with Crippen molar-refractivity contribution in [2.24, 2.45) is 7.05 Å². The first-order chi connectivity index (χ1) is 9.22. The normalized spacial score (nSPS) is 9.21. The van der Waals surface area contributed by atoms with Crippen LogP contribution in [0.5, 0.6) is 0 Å². The minimum Gasteiger partial charge on any atom is -0.360 e. The van der Waals surface area contributed by atoms with Gasteiger partial charge >= 0.3 is 0 Å². The zero-order valence-corrected chi connectivity index (χ0v) is 10.3. The van der Waals surface area contributed by atoms with Gasteiger partial charge in [0.15, 0.2) is 0 Å². The van der Waals surface area contributed by atoms with Gasteiger partial charge in [-0.15, -0.1) is 0 Å². The molecule has 1 aromatic carbocycles. The fourth-order valence-electron chi connectivity index (χ4n) is 1.57. The van der Waals surface area contributed by atoms with Crippen LogP contribution in [0.1, 0.15) is 0 Å². The number of rotatable bonds is 3. The second kappa shape index (κ2) is 5.52. The Morgan fingerprint density at radius 2 is 1.89 bits per heavy atom.